The molecule has 2 atom stereocenters. The van der Waals surface area contributed by atoms with Gasteiger partial charge in [-0.1, -0.05) is 30.3 Å². The summed E-state index contributed by atoms with van der Waals surface area (Å²) in [7, 11) is -3.41. The number of rotatable bonds is 7. The van der Waals surface area contributed by atoms with Crippen LogP contribution in [0.15, 0.2) is 30.3 Å². The van der Waals surface area contributed by atoms with Crippen LogP contribution in [0.3, 0.4) is 0 Å². The smallest absolute Gasteiger partial charge is 0.224 e. The second-order valence-corrected chi connectivity index (χ2v) is 9.15. The number of piperidine rings is 1. The summed E-state index contributed by atoms with van der Waals surface area (Å²) in [5, 5.41) is 2.91. The van der Waals surface area contributed by atoms with Crippen LogP contribution in [0.1, 0.15) is 31.2 Å². The molecule has 138 valence electrons. The highest BCUT2D eigenvalue weighted by atomic mass is 32.2. The first-order valence-electron chi connectivity index (χ1n) is 9.01. The summed E-state index contributed by atoms with van der Waals surface area (Å²) in [6.45, 7) is 1.23. The van der Waals surface area contributed by atoms with Gasteiger partial charge in [-0.2, -0.15) is 0 Å². The lowest BCUT2D eigenvalue weighted by Gasteiger charge is -2.31. The predicted molar refractivity (Wildman–Crippen MR) is 97.1 cm³/mol. The normalized spacial score (nSPS) is 23.2. The number of carbonyl (C=O) groups is 1. The Morgan fingerprint density at radius 2 is 1.96 bits per heavy atom. The Labute approximate surface area is 149 Å². The lowest BCUT2D eigenvalue weighted by molar-refractivity contribution is -0.126. The van der Waals surface area contributed by atoms with Gasteiger partial charge in [0.05, 0.1) is 11.7 Å². The number of hydrogen-bond acceptors (Lipinski definition) is 4. The van der Waals surface area contributed by atoms with Crippen molar-refractivity contribution in [1.29, 1.82) is 0 Å². The fraction of sp³-hybridized carbons (Fsp3) is 0.611. The van der Waals surface area contributed by atoms with Crippen molar-refractivity contribution in [2.24, 2.45) is 17.6 Å². The van der Waals surface area contributed by atoms with E-state index >= 15 is 0 Å². The average molecular weight is 365 g/mol. The first-order valence-corrected chi connectivity index (χ1v) is 10.6. The van der Waals surface area contributed by atoms with Crippen LogP contribution in [0.4, 0.5) is 0 Å². The number of hydrogen-bond donors (Lipinski definition) is 2. The van der Waals surface area contributed by atoms with Gasteiger partial charge in [0.15, 0.2) is 0 Å². The summed E-state index contributed by atoms with van der Waals surface area (Å²) in [5.74, 6) is 0.158. The molecule has 1 amide bonds. The SMILES string of the molecule is NC(CNC(=O)C1CCCN(S(=O)(=O)Cc2ccccc2)C1)C1CC1. The maximum Gasteiger partial charge on any atom is 0.224 e. The summed E-state index contributed by atoms with van der Waals surface area (Å²) < 4.78 is 26.8. The van der Waals surface area contributed by atoms with Gasteiger partial charge in [0.25, 0.3) is 0 Å². The van der Waals surface area contributed by atoms with E-state index in [0.29, 0.717) is 25.4 Å². The van der Waals surface area contributed by atoms with Gasteiger partial charge >= 0.3 is 0 Å². The van der Waals surface area contributed by atoms with Crippen LogP contribution >= 0.6 is 0 Å². The molecule has 0 spiro atoms. The Hall–Kier alpha value is -1.44. The minimum absolute atomic E-state index is 0.0189. The summed E-state index contributed by atoms with van der Waals surface area (Å²) in [6, 6.07) is 9.17. The van der Waals surface area contributed by atoms with Crippen LogP contribution in [-0.4, -0.2) is 44.3 Å². The number of benzene rings is 1. The minimum Gasteiger partial charge on any atom is -0.354 e. The molecule has 2 unspecified atom stereocenters. The van der Waals surface area contributed by atoms with E-state index in [1.54, 1.807) is 0 Å². The fourth-order valence-corrected chi connectivity index (χ4v) is 4.95. The van der Waals surface area contributed by atoms with Crippen LogP contribution in [0.2, 0.25) is 0 Å². The molecule has 0 radical (unpaired) electrons. The third-order valence-corrected chi connectivity index (χ3v) is 6.90. The van der Waals surface area contributed by atoms with Gasteiger partial charge < -0.3 is 11.1 Å². The van der Waals surface area contributed by atoms with E-state index in [2.05, 4.69) is 5.32 Å². The van der Waals surface area contributed by atoms with Gasteiger partial charge in [0, 0.05) is 25.7 Å². The van der Waals surface area contributed by atoms with Crippen LogP contribution in [0.5, 0.6) is 0 Å². The number of sulfonamides is 1. The van der Waals surface area contributed by atoms with Crippen LogP contribution < -0.4 is 11.1 Å². The Bertz CT molecular complexity index is 689. The molecule has 0 aromatic heterocycles. The van der Waals surface area contributed by atoms with Crippen molar-refractivity contribution in [3.63, 3.8) is 0 Å². The molecule has 1 aliphatic heterocycles. The van der Waals surface area contributed by atoms with E-state index in [0.717, 1.165) is 24.8 Å². The van der Waals surface area contributed by atoms with Crippen LogP contribution in [0.25, 0.3) is 0 Å². The molecule has 0 bridgehead atoms. The highest BCUT2D eigenvalue weighted by molar-refractivity contribution is 7.88. The molecular formula is C18H27N3O3S. The summed E-state index contributed by atoms with van der Waals surface area (Å²) in [6.07, 6.45) is 3.72. The molecule has 3 rings (SSSR count). The summed E-state index contributed by atoms with van der Waals surface area (Å²) >= 11 is 0. The Kier molecular flexibility index (Phi) is 5.76. The van der Waals surface area contributed by atoms with Crippen molar-refractivity contribution in [2.75, 3.05) is 19.6 Å². The standard InChI is InChI=1S/C18H27N3O3S/c19-17(15-8-9-15)11-20-18(22)16-7-4-10-21(12-16)25(23,24)13-14-5-2-1-3-6-14/h1-3,5-6,15-17H,4,7-13,19H2,(H,20,22). The summed E-state index contributed by atoms with van der Waals surface area (Å²) in [5.41, 5.74) is 6.79. The van der Waals surface area contributed by atoms with Gasteiger partial charge in [-0.3, -0.25) is 4.79 Å². The monoisotopic (exact) mass is 365 g/mol. The molecule has 6 nitrogen and oxygen atoms in total. The molecule has 2 aliphatic rings. The van der Waals surface area contributed by atoms with Gasteiger partial charge in [0.2, 0.25) is 15.9 Å². The lowest BCUT2D eigenvalue weighted by Crippen LogP contribution is -2.47. The largest absolute Gasteiger partial charge is 0.354 e. The second-order valence-electron chi connectivity index (χ2n) is 7.19. The fourth-order valence-electron chi connectivity index (χ4n) is 3.34. The van der Waals surface area contributed by atoms with Crippen LogP contribution in [-0.2, 0) is 20.6 Å². The lowest BCUT2D eigenvalue weighted by atomic mass is 9.98. The van der Waals surface area contributed by atoms with E-state index in [1.165, 1.54) is 4.31 Å². The molecule has 1 saturated heterocycles. The molecular weight excluding hydrogens is 338 g/mol. The van der Waals surface area contributed by atoms with E-state index in [-0.39, 0.29) is 30.2 Å². The van der Waals surface area contributed by atoms with Gasteiger partial charge in [-0.05, 0) is 37.2 Å². The van der Waals surface area contributed by atoms with Crippen molar-refractivity contribution >= 4 is 15.9 Å². The highest BCUT2D eigenvalue weighted by Gasteiger charge is 2.33. The number of nitrogens with one attached hydrogen (secondary N) is 1. The van der Waals surface area contributed by atoms with E-state index < -0.39 is 10.0 Å². The zero-order valence-corrected chi connectivity index (χ0v) is 15.2. The number of nitrogens with two attached hydrogens (primary N) is 1. The van der Waals surface area contributed by atoms with Crippen molar-refractivity contribution in [1.82, 2.24) is 9.62 Å². The second kappa shape index (κ2) is 7.85. The maximum atomic E-state index is 12.7. The highest BCUT2D eigenvalue weighted by Crippen LogP contribution is 2.31. The predicted octanol–water partition coefficient (Wildman–Crippen LogP) is 1.08. The molecule has 1 aromatic carbocycles. The topological polar surface area (TPSA) is 92.5 Å². The van der Waals surface area contributed by atoms with E-state index in [1.807, 2.05) is 30.3 Å². The molecule has 1 aliphatic carbocycles. The first-order chi connectivity index (χ1) is 12.0. The van der Waals surface area contributed by atoms with E-state index in [4.69, 9.17) is 5.73 Å². The molecule has 1 heterocycles. The molecule has 1 aromatic rings. The maximum absolute atomic E-state index is 12.7. The number of amides is 1. The Morgan fingerprint density at radius 1 is 1.24 bits per heavy atom. The third-order valence-electron chi connectivity index (χ3n) is 5.08. The van der Waals surface area contributed by atoms with Crippen molar-refractivity contribution in [3.8, 4) is 0 Å². The molecule has 25 heavy (non-hydrogen) atoms. The average Bonchev–Trinajstić information content (AvgIpc) is 3.45. The number of carbonyl (C=O) groups excluding carboxylic acids is 1. The third kappa shape index (κ3) is 5.03. The molecule has 2 fully saturated rings. The Morgan fingerprint density at radius 3 is 2.64 bits per heavy atom. The van der Waals surface area contributed by atoms with Crippen molar-refractivity contribution in [3.05, 3.63) is 35.9 Å². The molecule has 3 N–H and O–H groups in total. The van der Waals surface area contributed by atoms with Crippen molar-refractivity contribution < 1.29 is 13.2 Å². The zero-order chi connectivity index (χ0) is 17.9. The first kappa shape index (κ1) is 18.4. The number of nitrogens with zero attached hydrogens (tertiary/aromatic N) is 1. The van der Waals surface area contributed by atoms with Gasteiger partial charge in [0.1, 0.15) is 0 Å². The minimum atomic E-state index is -3.41. The summed E-state index contributed by atoms with van der Waals surface area (Å²) in [4.78, 5) is 12.4. The van der Waals surface area contributed by atoms with Gasteiger partial charge in [-0.25, -0.2) is 12.7 Å². The van der Waals surface area contributed by atoms with Gasteiger partial charge in [-0.15, -0.1) is 0 Å². The molecule has 7 heteroatoms. The zero-order valence-electron chi connectivity index (χ0n) is 14.4. The molecule has 1 saturated carbocycles. The quantitative estimate of drug-likeness (QED) is 0.756. The Balaban J connectivity index is 1.55. The van der Waals surface area contributed by atoms with E-state index in [9.17, 15) is 13.2 Å². The van der Waals surface area contributed by atoms with Crippen LogP contribution in [0, 0.1) is 11.8 Å². The van der Waals surface area contributed by atoms with Crippen molar-refractivity contribution in [2.45, 2.75) is 37.5 Å².